The van der Waals surface area contributed by atoms with Crippen LogP contribution in [-0.4, -0.2) is 56.8 Å². The lowest BCUT2D eigenvalue weighted by Crippen LogP contribution is -2.49. The number of anilines is 1. The van der Waals surface area contributed by atoms with Gasteiger partial charge in [-0.05, 0) is 56.0 Å². The van der Waals surface area contributed by atoms with Crippen LogP contribution in [0.4, 0.5) is 5.69 Å². The fraction of sp³-hybridized carbons (Fsp3) is 0.481. The monoisotopic (exact) mass is 597 g/mol. The van der Waals surface area contributed by atoms with Crippen LogP contribution in [0.25, 0.3) is 0 Å². The molecule has 0 spiro atoms. The second kappa shape index (κ2) is 12.7. The van der Waals surface area contributed by atoms with Crippen molar-refractivity contribution in [2.75, 3.05) is 23.9 Å². The van der Waals surface area contributed by atoms with Crippen molar-refractivity contribution in [1.29, 1.82) is 0 Å². The predicted molar refractivity (Wildman–Crippen MR) is 151 cm³/mol. The molecule has 1 aliphatic carbocycles. The van der Waals surface area contributed by atoms with Crippen molar-refractivity contribution in [3.8, 4) is 11.5 Å². The minimum absolute atomic E-state index is 0.0406. The molecule has 2 amide bonds. The Hall–Kier alpha value is -2.69. The highest BCUT2D eigenvalue weighted by Gasteiger charge is 2.29. The average Bonchev–Trinajstić information content (AvgIpc) is 3.57. The highest BCUT2D eigenvalue weighted by atomic mass is 35.5. The number of amides is 2. The van der Waals surface area contributed by atoms with Crippen LogP contribution < -0.4 is 19.1 Å². The van der Waals surface area contributed by atoms with E-state index in [1.165, 1.54) is 9.21 Å². The van der Waals surface area contributed by atoms with Crippen molar-refractivity contribution in [1.82, 2.24) is 10.2 Å². The number of carbonyl (C=O) groups is 2. The number of hydrogen-bond donors (Lipinski definition) is 1. The fourth-order valence-electron chi connectivity index (χ4n) is 4.85. The summed E-state index contributed by atoms with van der Waals surface area (Å²) in [6.45, 7) is 2.02. The van der Waals surface area contributed by atoms with Gasteiger partial charge in [0.25, 0.3) is 0 Å². The number of rotatable bonds is 11. The number of sulfonamides is 1. The molecule has 12 heteroatoms. The van der Waals surface area contributed by atoms with Crippen molar-refractivity contribution in [3.63, 3.8) is 0 Å². The van der Waals surface area contributed by atoms with Gasteiger partial charge in [0.2, 0.25) is 28.6 Å². The molecule has 0 radical (unpaired) electrons. The summed E-state index contributed by atoms with van der Waals surface area (Å²) in [5.41, 5.74) is 1.16. The normalized spacial score (nSPS) is 15.7. The van der Waals surface area contributed by atoms with E-state index in [-0.39, 0.29) is 50.6 Å². The zero-order valence-electron chi connectivity index (χ0n) is 22.0. The molecule has 39 heavy (non-hydrogen) atoms. The molecule has 2 aromatic rings. The lowest BCUT2D eigenvalue weighted by Gasteiger charge is -2.30. The maximum absolute atomic E-state index is 13.5. The molecule has 9 nitrogen and oxygen atoms in total. The first-order chi connectivity index (χ1) is 18.5. The summed E-state index contributed by atoms with van der Waals surface area (Å²) in [5, 5.41) is 3.82. The van der Waals surface area contributed by atoms with Gasteiger partial charge in [-0.1, -0.05) is 42.1 Å². The van der Waals surface area contributed by atoms with E-state index < -0.39 is 16.1 Å². The lowest BCUT2D eigenvalue weighted by atomic mass is 10.1. The van der Waals surface area contributed by atoms with Crippen LogP contribution in [-0.2, 0) is 26.2 Å². The van der Waals surface area contributed by atoms with Crippen molar-refractivity contribution in [2.24, 2.45) is 0 Å². The Bertz CT molecular complexity index is 1320. The van der Waals surface area contributed by atoms with E-state index in [4.69, 9.17) is 32.7 Å². The van der Waals surface area contributed by atoms with E-state index >= 15 is 0 Å². The van der Waals surface area contributed by atoms with Crippen molar-refractivity contribution >= 4 is 50.7 Å². The number of nitrogens with zero attached hydrogens (tertiary/aromatic N) is 2. The van der Waals surface area contributed by atoms with E-state index in [0.29, 0.717) is 27.2 Å². The van der Waals surface area contributed by atoms with Crippen LogP contribution in [0.3, 0.4) is 0 Å². The molecule has 4 rings (SSSR count). The molecule has 1 atom stereocenters. The Balaban J connectivity index is 1.46. The largest absolute Gasteiger partial charge is 0.454 e. The van der Waals surface area contributed by atoms with E-state index in [1.807, 2.05) is 0 Å². The van der Waals surface area contributed by atoms with Gasteiger partial charge in [-0.15, -0.1) is 0 Å². The Labute approximate surface area is 239 Å². The number of benzene rings is 2. The number of hydrogen-bond acceptors (Lipinski definition) is 6. The highest BCUT2D eigenvalue weighted by molar-refractivity contribution is 7.92. The SMILES string of the molecule is C[C@@H](C(=O)NC1CCCC1)N(Cc1ccc(Cl)c(Cl)c1)C(=O)CCCN(c1ccc2c(c1)OCO2)S(C)(=O)=O. The minimum atomic E-state index is -3.63. The predicted octanol–water partition coefficient (Wildman–Crippen LogP) is 4.74. The molecule has 1 heterocycles. The summed E-state index contributed by atoms with van der Waals surface area (Å²) in [5.74, 6) is 0.528. The van der Waals surface area contributed by atoms with Gasteiger partial charge >= 0.3 is 0 Å². The summed E-state index contributed by atoms with van der Waals surface area (Å²) in [4.78, 5) is 28.1. The average molecular weight is 599 g/mol. The van der Waals surface area contributed by atoms with Crippen molar-refractivity contribution < 1.29 is 27.5 Å². The molecule has 0 unspecified atom stereocenters. The molecule has 1 aliphatic heterocycles. The van der Waals surface area contributed by atoms with E-state index in [0.717, 1.165) is 37.5 Å². The van der Waals surface area contributed by atoms with Gasteiger partial charge in [0.15, 0.2) is 11.5 Å². The van der Waals surface area contributed by atoms with E-state index in [2.05, 4.69) is 5.32 Å². The number of halogens is 2. The summed E-state index contributed by atoms with van der Waals surface area (Å²) < 4.78 is 37.1. The van der Waals surface area contributed by atoms with Gasteiger partial charge in [0.05, 0.1) is 22.0 Å². The summed E-state index contributed by atoms with van der Waals surface area (Å²) in [6, 6.07) is 9.39. The number of nitrogens with one attached hydrogen (secondary N) is 1. The third kappa shape index (κ3) is 7.49. The highest BCUT2D eigenvalue weighted by Crippen LogP contribution is 2.36. The van der Waals surface area contributed by atoms with Gasteiger partial charge in [0.1, 0.15) is 6.04 Å². The van der Waals surface area contributed by atoms with Crippen LogP contribution >= 0.6 is 23.2 Å². The Morgan fingerprint density at radius 2 is 1.77 bits per heavy atom. The summed E-state index contributed by atoms with van der Waals surface area (Å²) in [7, 11) is -3.63. The zero-order chi connectivity index (χ0) is 28.2. The van der Waals surface area contributed by atoms with Crippen LogP contribution in [0.1, 0.15) is 51.0 Å². The maximum Gasteiger partial charge on any atom is 0.242 e. The number of carbonyl (C=O) groups excluding carboxylic acids is 2. The Kier molecular flexibility index (Phi) is 9.51. The molecule has 2 aliphatic rings. The third-order valence-corrected chi connectivity index (χ3v) is 8.94. The van der Waals surface area contributed by atoms with E-state index in [1.54, 1.807) is 43.3 Å². The molecule has 0 bridgehead atoms. The Morgan fingerprint density at radius 1 is 1.05 bits per heavy atom. The maximum atomic E-state index is 13.5. The Morgan fingerprint density at radius 3 is 2.46 bits per heavy atom. The fourth-order valence-corrected chi connectivity index (χ4v) is 6.13. The smallest absolute Gasteiger partial charge is 0.242 e. The molecule has 2 aromatic carbocycles. The zero-order valence-corrected chi connectivity index (χ0v) is 24.3. The quantitative estimate of drug-likeness (QED) is 0.401. The van der Waals surface area contributed by atoms with Crippen molar-refractivity contribution in [3.05, 3.63) is 52.0 Å². The summed E-state index contributed by atoms with van der Waals surface area (Å²) in [6.07, 6.45) is 5.41. The van der Waals surface area contributed by atoms with Gasteiger partial charge in [-0.25, -0.2) is 8.42 Å². The first kappa shape index (κ1) is 29.3. The van der Waals surface area contributed by atoms with Gasteiger partial charge in [-0.3, -0.25) is 13.9 Å². The van der Waals surface area contributed by atoms with Crippen LogP contribution in [0, 0.1) is 0 Å². The first-order valence-electron chi connectivity index (χ1n) is 12.9. The van der Waals surface area contributed by atoms with Crippen molar-refractivity contribution in [2.45, 2.75) is 64.1 Å². The van der Waals surface area contributed by atoms with Gasteiger partial charge < -0.3 is 19.7 Å². The first-order valence-corrected chi connectivity index (χ1v) is 15.5. The van der Waals surface area contributed by atoms with Crippen LogP contribution in [0.2, 0.25) is 10.0 Å². The molecule has 1 fully saturated rings. The minimum Gasteiger partial charge on any atom is -0.454 e. The number of fused-ring (bicyclic) bond motifs is 1. The van der Waals surface area contributed by atoms with Crippen LogP contribution in [0.5, 0.6) is 11.5 Å². The third-order valence-electron chi connectivity index (χ3n) is 7.00. The molecule has 1 N–H and O–H groups in total. The van der Waals surface area contributed by atoms with Gasteiger partial charge in [-0.2, -0.15) is 0 Å². The molecule has 0 saturated heterocycles. The van der Waals surface area contributed by atoms with E-state index in [9.17, 15) is 18.0 Å². The lowest BCUT2D eigenvalue weighted by molar-refractivity contribution is -0.141. The number of ether oxygens (including phenoxy) is 2. The molecule has 0 aromatic heterocycles. The standard InChI is InChI=1S/C27H33Cl2N3O6S/c1-18(27(34)30-20-6-3-4-7-20)31(16-19-9-11-22(28)23(29)14-19)26(33)8-5-13-32(39(2,35)36)21-10-12-24-25(15-21)38-17-37-24/h9-12,14-15,18,20H,3-8,13,16-17H2,1-2H3,(H,30,34)/t18-/m0/s1. The molecule has 212 valence electrons. The van der Waals surface area contributed by atoms with Gasteiger partial charge in [0, 0.05) is 31.6 Å². The molecular formula is C27H33Cl2N3O6S. The topological polar surface area (TPSA) is 105 Å². The molecule has 1 saturated carbocycles. The molecular weight excluding hydrogens is 565 g/mol. The second-order valence-corrected chi connectivity index (χ2v) is 12.6. The van der Waals surface area contributed by atoms with Crippen LogP contribution in [0.15, 0.2) is 36.4 Å². The summed E-state index contributed by atoms with van der Waals surface area (Å²) >= 11 is 12.3. The second-order valence-electron chi connectivity index (χ2n) is 9.91.